The minimum atomic E-state index is 0.891. The lowest BCUT2D eigenvalue weighted by molar-refractivity contribution is 0.668. The first kappa shape index (κ1) is 34.9. The fourth-order valence-corrected chi connectivity index (χ4v) is 9.19. The highest BCUT2D eigenvalue weighted by molar-refractivity contribution is 6.10. The highest BCUT2D eigenvalue weighted by atomic mass is 16.3. The second-order valence-corrected chi connectivity index (χ2v) is 15.6. The van der Waals surface area contributed by atoms with Crippen LogP contribution in [0.4, 0.5) is 17.1 Å². The van der Waals surface area contributed by atoms with Gasteiger partial charge in [-0.2, -0.15) is 0 Å². The van der Waals surface area contributed by atoms with Crippen LogP contribution in [0.1, 0.15) is 0 Å². The maximum Gasteiger partial charge on any atom is 0.135 e. The molecule has 2 aromatic heterocycles. The van der Waals surface area contributed by atoms with Crippen molar-refractivity contribution < 1.29 is 8.83 Å². The van der Waals surface area contributed by atoms with Crippen LogP contribution >= 0.6 is 0 Å². The largest absolute Gasteiger partial charge is 0.456 e. The summed E-state index contributed by atoms with van der Waals surface area (Å²) < 4.78 is 12.4. The van der Waals surface area contributed by atoms with Crippen LogP contribution in [0.5, 0.6) is 0 Å². The Balaban J connectivity index is 1.03. The smallest absolute Gasteiger partial charge is 0.135 e. The van der Waals surface area contributed by atoms with E-state index < -0.39 is 0 Å². The van der Waals surface area contributed by atoms with Crippen LogP contribution in [0.25, 0.3) is 99.2 Å². The van der Waals surface area contributed by atoms with Gasteiger partial charge in [0.25, 0.3) is 0 Å². The number of hydrogen-bond acceptors (Lipinski definition) is 3. The lowest BCUT2D eigenvalue weighted by Crippen LogP contribution is -2.11. The Morgan fingerprint density at radius 2 is 0.787 bits per heavy atom. The van der Waals surface area contributed by atoms with Gasteiger partial charge in [0.2, 0.25) is 0 Å². The predicted molar refractivity (Wildman–Crippen MR) is 255 cm³/mol. The zero-order chi connectivity index (χ0) is 40.3. The van der Waals surface area contributed by atoms with E-state index in [0.717, 1.165) is 88.8 Å². The van der Waals surface area contributed by atoms with Crippen molar-refractivity contribution in [2.75, 3.05) is 4.90 Å². The summed E-state index contributed by atoms with van der Waals surface area (Å²) in [5, 5.41) is 6.92. The zero-order valence-corrected chi connectivity index (χ0v) is 33.1. The number of para-hydroxylation sites is 3. The molecule has 0 aliphatic carbocycles. The minimum absolute atomic E-state index is 0.891. The molecule has 2 heterocycles. The summed E-state index contributed by atoms with van der Waals surface area (Å²) in [6.45, 7) is 0. The van der Waals surface area contributed by atoms with Gasteiger partial charge in [0.1, 0.15) is 22.3 Å². The van der Waals surface area contributed by atoms with Gasteiger partial charge in [0, 0.05) is 38.5 Å². The summed E-state index contributed by atoms with van der Waals surface area (Å²) in [5.74, 6) is 0. The lowest BCUT2D eigenvalue weighted by atomic mass is 9.90. The summed E-state index contributed by atoms with van der Waals surface area (Å²) >= 11 is 0. The topological polar surface area (TPSA) is 29.5 Å². The van der Waals surface area contributed by atoms with Crippen molar-refractivity contribution in [2.24, 2.45) is 0 Å². The number of fused-ring (bicyclic) bond motifs is 7. The van der Waals surface area contributed by atoms with E-state index in [0.29, 0.717) is 0 Å². The van der Waals surface area contributed by atoms with E-state index in [1.807, 2.05) is 24.3 Å². The van der Waals surface area contributed by atoms with Gasteiger partial charge >= 0.3 is 0 Å². The van der Waals surface area contributed by atoms with E-state index in [-0.39, 0.29) is 0 Å². The second-order valence-electron chi connectivity index (χ2n) is 15.6. The van der Waals surface area contributed by atoms with Gasteiger partial charge in [-0.05, 0) is 116 Å². The van der Waals surface area contributed by atoms with E-state index in [1.165, 1.54) is 27.5 Å². The average molecular weight is 780 g/mol. The summed E-state index contributed by atoms with van der Waals surface area (Å²) in [5.41, 5.74) is 16.1. The van der Waals surface area contributed by atoms with E-state index in [9.17, 15) is 0 Å². The summed E-state index contributed by atoms with van der Waals surface area (Å²) in [6.07, 6.45) is 0. The molecule has 3 heteroatoms. The fraction of sp³-hybridized carbons (Fsp3) is 0. The normalized spacial score (nSPS) is 11.6. The van der Waals surface area contributed by atoms with E-state index >= 15 is 0 Å². The van der Waals surface area contributed by atoms with Crippen molar-refractivity contribution in [3.63, 3.8) is 0 Å². The molecule has 0 aliphatic heterocycles. The standard InChI is InChI=1S/C58H37NO2/c1-2-13-39(14-3-1)46-22-11-15-40-16-12-23-50(58(40)46)47-19-4-7-24-53(47)59(44-31-27-38(28-32-44)42-29-33-56-51(36-42)48-20-5-8-25-54(48)60-56)45-18-10-17-41(35-45)43-30-34-57-52(37-43)49-21-6-9-26-55(49)61-57/h1-37H. The van der Waals surface area contributed by atoms with Crippen molar-refractivity contribution >= 4 is 71.7 Å². The predicted octanol–water partition coefficient (Wildman–Crippen LogP) is 16.8. The highest BCUT2D eigenvalue weighted by Gasteiger charge is 2.21. The van der Waals surface area contributed by atoms with E-state index in [2.05, 4.69) is 205 Å². The third kappa shape index (κ3) is 5.98. The van der Waals surface area contributed by atoms with E-state index in [1.54, 1.807) is 0 Å². The molecule has 0 aliphatic rings. The van der Waals surface area contributed by atoms with Crippen molar-refractivity contribution in [3.8, 4) is 44.5 Å². The van der Waals surface area contributed by atoms with Crippen LogP contribution in [0.3, 0.4) is 0 Å². The molecule has 0 fully saturated rings. The average Bonchev–Trinajstić information content (AvgIpc) is 3.90. The molecule has 0 bridgehead atoms. The van der Waals surface area contributed by atoms with Crippen molar-refractivity contribution in [3.05, 3.63) is 224 Å². The monoisotopic (exact) mass is 779 g/mol. The molecular formula is C58H37NO2. The molecule has 0 saturated carbocycles. The van der Waals surface area contributed by atoms with Crippen LogP contribution in [0, 0.1) is 0 Å². The van der Waals surface area contributed by atoms with Crippen molar-refractivity contribution in [2.45, 2.75) is 0 Å². The van der Waals surface area contributed by atoms with Gasteiger partial charge in [-0.25, -0.2) is 0 Å². The quantitative estimate of drug-likeness (QED) is 0.161. The summed E-state index contributed by atoms with van der Waals surface area (Å²) in [7, 11) is 0. The molecule has 0 radical (unpaired) electrons. The Labute approximate surface area is 353 Å². The molecule has 61 heavy (non-hydrogen) atoms. The Bertz CT molecular complexity index is 3590. The molecule has 12 aromatic rings. The van der Waals surface area contributed by atoms with Gasteiger partial charge in [-0.15, -0.1) is 0 Å². The molecule has 0 amide bonds. The number of furan rings is 2. The van der Waals surface area contributed by atoms with Crippen LogP contribution in [0.15, 0.2) is 233 Å². The first-order chi connectivity index (χ1) is 30.2. The summed E-state index contributed by atoms with van der Waals surface area (Å²) in [4.78, 5) is 2.41. The fourth-order valence-electron chi connectivity index (χ4n) is 9.19. The first-order valence-electron chi connectivity index (χ1n) is 20.7. The minimum Gasteiger partial charge on any atom is -0.456 e. The Morgan fingerprint density at radius 1 is 0.279 bits per heavy atom. The molecule has 0 N–H and O–H groups in total. The first-order valence-corrected chi connectivity index (χ1v) is 20.7. The second kappa shape index (κ2) is 14.3. The van der Waals surface area contributed by atoms with Crippen LogP contribution in [-0.4, -0.2) is 0 Å². The SMILES string of the molecule is c1ccc(-c2cccc3cccc(-c4ccccc4N(c4ccc(-c5ccc6oc7ccccc7c6c5)cc4)c4cccc(-c5ccc6oc7ccccc7c6c5)c4)c23)cc1. The molecule has 286 valence electrons. The number of hydrogen-bond donors (Lipinski definition) is 0. The maximum atomic E-state index is 6.21. The maximum absolute atomic E-state index is 6.21. The Hall–Kier alpha value is -8.14. The molecule has 0 spiro atoms. The van der Waals surface area contributed by atoms with Crippen LogP contribution in [-0.2, 0) is 0 Å². The third-order valence-corrected chi connectivity index (χ3v) is 12.1. The third-order valence-electron chi connectivity index (χ3n) is 12.1. The summed E-state index contributed by atoms with van der Waals surface area (Å²) in [6, 6.07) is 80.2. The Kier molecular flexibility index (Phi) is 8.17. The van der Waals surface area contributed by atoms with E-state index in [4.69, 9.17) is 8.83 Å². The molecule has 10 aromatic carbocycles. The van der Waals surface area contributed by atoms with Crippen LogP contribution < -0.4 is 4.90 Å². The zero-order valence-electron chi connectivity index (χ0n) is 33.1. The number of anilines is 3. The molecule has 0 unspecified atom stereocenters. The van der Waals surface area contributed by atoms with Gasteiger partial charge in [0.15, 0.2) is 0 Å². The molecule has 12 rings (SSSR count). The Morgan fingerprint density at radius 3 is 1.49 bits per heavy atom. The number of rotatable bonds is 7. The van der Waals surface area contributed by atoms with Gasteiger partial charge < -0.3 is 13.7 Å². The number of nitrogens with zero attached hydrogens (tertiary/aromatic N) is 1. The van der Waals surface area contributed by atoms with Gasteiger partial charge in [-0.3, -0.25) is 0 Å². The molecule has 3 nitrogen and oxygen atoms in total. The highest BCUT2D eigenvalue weighted by Crippen LogP contribution is 2.46. The molecular weight excluding hydrogens is 743 g/mol. The molecule has 0 saturated heterocycles. The van der Waals surface area contributed by atoms with Crippen molar-refractivity contribution in [1.82, 2.24) is 0 Å². The van der Waals surface area contributed by atoms with Gasteiger partial charge in [0.05, 0.1) is 5.69 Å². The van der Waals surface area contributed by atoms with Crippen molar-refractivity contribution in [1.29, 1.82) is 0 Å². The molecule has 0 atom stereocenters. The number of benzene rings is 10. The van der Waals surface area contributed by atoms with Crippen LogP contribution in [0.2, 0.25) is 0 Å². The van der Waals surface area contributed by atoms with Gasteiger partial charge in [-0.1, -0.05) is 158 Å². The lowest BCUT2D eigenvalue weighted by Gasteiger charge is -2.29.